The average Bonchev–Trinajstić information content (AvgIpc) is 2.86. The fraction of sp³-hybridized carbons (Fsp3) is 0.211. The molecule has 0 saturated carbocycles. The van der Waals surface area contributed by atoms with Crippen molar-refractivity contribution in [2.24, 2.45) is 17.3 Å². The number of fused-ring (bicyclic) bond motifs is 1. The van der Waals surface area contributed by atoms with E-state index in [1.807, 2.05) is 42.2 Å². The first-order chi connectivity index (χ1) is 10.5. The lowest BCUT2D eigenvalue weighted by molar-refractivity contribution is -0.671. The second-order valence-electron chi connectivity index (χ2n) is 5.83. The first-order valence-electron chi connectivity index (χ1n) is 7.42. The molecule has 0 saturated heterocycles. The fourth-order valence-corrected chi connectivity index (χ4v) is 2.84. The van der Waals surface area contributed by atoms with Gasteiger partial charge in [-0.3, -0.25) is 0 Å². The molecule has 0 aliphatic heterocycles. The maximum atomic E-state index is 4.47. The van der Waals surface area contributed by atoms with E-state index in [0.717, 1.165) is 11.4 Å². The van der Waals surface area contributed by atoms with Crippen LogP contribution in [0.4, 0.5) is 11.4 Å². The molecule has 1 heterocycles. The second-order valence-corrected chi connectivity index (χ2v) is 5.83. The molecule has 3 rings (SSSR count). The third kappa shape index (κ3) is 3.75. The molecular formula is C19H20IN3. The van der Waals surface area contributed by atoms with E-state index >= 15 is 0 Å². The molecule has 23 heavy (non-hydrogen) atoms. The fourth-order valence-electron chi connectivity index (χ4n) is 2.84. The summed E-state index contributed by atoms with van der Waals surface area (Å²) in [5.74, 6) is 0. The van der Waals surface area contributed by atoms with E-state index in [-0.39, 0.29) is 24.0 Å². The smallest absolute Gasteiger partial charge is 0.170 e. The average molecular weight is 417 g/mol. The Balaban J connectivity index is 0.00000192. The number of aryl methyl sites for hydroxylation is 4. The maximum absolute atomic E-state index is 4.47. The summed E-state index contributed by atoms with van der Waals surface area (Å²) in [4.78, 5) is 0. The van der Waals surface area contributed by atoms with Gasteiger partial charge in [-0.1, -0.05) is 23.8 Å². The lowest BCUT2D eigenvalue weighted by atomic mass is 10.0. The zero-order valence-corrected chi connectivity index (χ0v) is 16.0. The molecule has 0 aromatic carbocycles. The van der Waals surface area contributed by atoms with E-state index in [0.29, 0.717) is 0 Å². The molecule has 2 aliphatic carbocycles. The summed E-state index contributed by atoms with van der Waals surface area (Å²) in [6.45, 7) is 6.41. The van der Waals surface area contributed by atoms with E-state index in [2.05, 4.69) is 49.2 Å². The summed E-state index contributed by atoms with van der Waals surface area (Å²) in [6, 6.07) is 12.5. The van der Waals surface area contributed by atoms with Crippen LogP contribution in [-0.2, 0) is 7.05 Å². The van der Waals surface area contributed by atoms with Crippen LogP contribution in [0.25, 0.3) is 11.1 Å². The minimum Gasteiger partial charge on any atom is -1.00 e. The van der Waals surface area contributed by atoms with Crippen LogP contribution in [0.5, 0.6) is 0 Å². The molecule has 0 spiro atoms. The Morgan fingerprint density at radius 1 is 0.826 bits per heavy atom. The Hall–Kier alpha value is -1.82. The Morgan fingerprint density at radius 3 is 2.17 bits per heavy atom. The molecule has 4 heteroatoms. The highest BCUT2D eigenvalue weighted by Crippen LogP contribution is 2.39. The minimum absolute atomic E-state index is 0. The normalized spacial score (nSPS) is 11.0. The van der Waals surface area contributed by atoms with Gasteiger partial charge in [0.15, 0.2) is 12.4 Å². The third-order valence-electron chi connectivity index (χ3n) is 3.87. The van der Waals surface area contributed by atoms with E-state index in [4.69, 9.17) is 0 Å². The predicted molar refractivity (Wildman–Crippen MR) is 89.1 cm³/mol. The number of azo groups is 1. The predicted octanol–water partition coefficient (Wildman–Crippen LogP) is 1.96. The third-order valence-corrected chi connectivity index (χ3v) is 3.87. The van der Waals surface area contributed by atoms with Crippen LogP contribution in [0.3, 0.4) is 0 Å². The Labute approximate surface area is 154 Å². The lowest BCUT2D eigenvalue weighted by Gasteiger charge is -2.02. The Bertz CT molecular complexity index is 823. The van der Waals surface area contributed by atoms with Gasteiger partial charge in [0.2, 0.25) is 0 Å². The molecule has 0 bridgehead atoms. The van der Waals surface area contributed by atoms with Gasteiger partial charge in [-0.25, -0.2) is 4.57 Å². The van der Waals surface area contributed by atoms with Crippen LogP contribution in [0.15, 0.2) is 59.0 Å². The molecule has 0 radical (unpaired) electrons. The highest BCUT2D eigenvalue weighted by molar-refractivity contribution is 5.84. The van der Waals surface area contributed by atoms with Gasteiger partial charge in [-0.2, -0.15) is 5.11 Å². The molecule has 118 valence electrons. The molecule has 3 nitrogen and oxygen atoms in total. The van der Waals surface area contributed by atoms with E-state index in [1.54, 1.807) is 0 Å². The largest absolute Gasteiger partial charge is 1.00 e. The quantitative estimate of drug-likeness (QED) is 0.347. The summed E-state index contributed by atoms with van der Waals surface area (Å²) >= 11 is 0. The lowest BCUT2D eigenvalue weighted by Crippen LogP contribution is -3.00. The first kappa shape index (κ1) is 17.5. The molecule has 1 aromatic rings. The molecule has 0 atom stereocenters. The molecule has 0 amide bonds. The van der Waals surface area contributed by atoms with E-state index in [9.17, 15) is 0 Å². The van der Waals surface area contributed by atoms with Gasteiger partial charge in [-0.05, 0) is 43.5 Å². The van der Waals surface area contributed by atoms with Crippen molar-refractivity contribution in [2.75, 3.05) is 0 Å². The summed E-state index contributed by atoms with van der Waals surface area (Å²) in [5.41, 5.74) is 8.00. The van der Waals surface area contributed by atoms with Crippen LogP contribution in [0.1, 0.15) is 16.7 Å². The van der Waals surface area contributed by atoms with Crippen LogP contribution in [-0.4, -0.2) is 0 Å². The Kier molecular flexibility index (Phi) is 5.46. The summed E-state index contributed by atoms with van der Waals surface area (Å²) in [6.07, 6.45) is 3.94. The van der Waals surface area contributed by atoms with Gasteiger partial charge in [0.25, 0.3) is 0 Å². The van der Waals surface area contributed by atoms with Crippen molar-refractivity contribution in [3.8, 4) is 11.1 Å². The van der Waals surface area contributed by atoms with Crippen molar-refractivity contribution in [1.29, 1.82) is 0 Å². The van der Waals surface area contributed by atoms with Gasteiger partial charge in [0.05, 0.1) is 11.4 Å². The maximum Gasteiger partial charge on any atom is 0.170 e. The second kappa shape index (κ2) is 7.17. The SMILES string of the molecule is Cc1cc(C)c2ccc(N=Nc3cc[n+](C)cc3)c-2c(C)c1.[I-]. The van der Waals surface area contributed by atoms with Crippen molar-refractivity contribution in [3.63, 3.8) is 0 Å². The van der Waals surface area contributed by atoms with Crippen molar-refractivity contribution in [3.05, 3.63) is 65.5 Å². The van der Waals surface area contributed by atoms with E-state index < -0.39 is 0 Å². The summed E-state index contributed by atoms with van der Waals surface area (Å²) in [7, 11) is 1.99. The van der Waals surface area contributed by atoms with Gasteiger partial charge in [-0.15, -0.1) is 5.11 Å². The minimum atomic E-state index is 0. The van der Waals surface area contributed by atoms with E-state index in [1.165, 1.54) is 27.8 Å². The zero-order chi connectivity index (χ0) is 15.7. The standard InChI is InChI=1S/C19H20N3.HI/c1-13-11-14(2)17-5-6-18(19(17)15(3)12-13)21-20-16-7-9-22(4)10-8-16;/h5-12H,1-4H3;1H/q+1;/p-1. The van der Waals surface area contributed by atoms with Crippen molar-refractivity contribution >= 4 is 11.4 Å². The summed E-state index contributed by atoms with van der Waals surface area (Å²) in [5, 5.41) is 8.83. The van der Waals surface area contributed by atoms with Crippen LogP contribution in [0, 0.1) is 20.8 Å². The number of halogens is 1. The van der Waals surface area contributed by atoms with Gasteiger partial charge in [0.1, 0.15) is 7.05 Å². The van der Waals surface area contributed by atoms with Crippen molar-refractivity contribution < 1.29 is 28.5 Å². The summed E-state index contributed by atoms with van der Waals surface area (Å²) < 4.78 is 1.98. The highest BCUT2D eigenvalue weighted by atomic mass is 127. The molecule has 2 aliphatic rings. The molecule has 0 fully saturated rings. The monoisotopic (exact) mass is 417 g/mol. The van der Waals surface area contributed by atoms with Crippen LogP contribution in [0.2, 0.25) is 0 Å². The topological polar surface area (TPSA) is 28.6 Å². The number of aromatic nitrogens is 1. The highest BCUT2D eigenvalue weighted by Gasteiger charge is 2.13. The van der Waals surface area contributed by atoms with Gasteiger partial charge in [0, 0.05) is 17.7 Å². The number of hydrogen-bond acceptors (Lipinski definition) is 2. The number of pyridine rings is 1. The number of rotatable bonds is 2. The van der Waals surface area contributed by atoms with Crippen molar-refractivity contribution in [1.82, 2.24) is 0 Å². The number of nitrogens with zero attached hydrogens (tertiary/aromatic N) is 3. The van der Waals surface area contributed by atoms with Crippen LogP contribution >= 0.6 is 0 Å². The van der Waals surface area contributed by atoms with Gasteiger partial charge >= 0.3 is 0 Å². The zero-order valence-electron chi connectivity index (χ0n) is 13.8. The number of hydrogen-bond donors (Lipinski definition) is 0. The molecule has 0 unspecified atom stereocenters. The van der Waals surface area contributed by atoms with Gasteiger partial charge < -0.3 is 24.0 Å². The van der Waals surface area contributed by atoms with Crippen LogP contribution < -0.4 is 28.5 Å². The Morgan fingerprint density at radius 2 is 1.48 bits per heavy atom. The molecule has 0 N–H and O–H groups in total. The molecule has 1 aromatic heterocycles. The first-order valence-corrected chi connectivity index (χ1v) is 7.42. The van der Waals surface area contributed by atoms with Crippen molar-refractivity contribution in [2.45, 2.75) is 20.8 Å². The molecular weight excluding hydrogens is 397 g/mol.